The first-order chi connectivity index (χ1) is 14.5. The van der Waals surface area contributed by atoms with Gasteiger partial charge in [0.05, 0.1) is 5.75 Å². The largest absolute Gasteiger partial charge is 0.486 e. The van der Waals surface area contributed by atoms with E-state index in [1.165, 1.54) is 11.8 Å². The minimum Gasteiger partial charge on any atom is -0.486 e. The molecule has 0 bridgehead atoms. The Hall–Kier alpha value is -2.77. The molecule has 30 heavy (non-hydrogen) atoms. The normalized spacial score (nSPS) is 10.6. The number of halogens is 1. The zero-order chi connectivity index (χ0) is 21.5. The van der Waals surface area contributed by atoms with Crippen molar-refractivity contribution in [3.8, 4) is 5.75 Å². The van der Waals surface area contributed by atoms with Crippen molar-refractivity contribution in [1.29, 1.82) is 0 Å². The molecule has 0 aliphatic carbocycles. The number of aromatic nitrogens is 3. The average Bonchev–Trinajstić information content (AvgIpc) is 3.10. The Bertz CT molecular complexity index is 1050. The van der Waals surface area contributed by atoms with Crippen LogP contribution in [0.4, 0.5) is 5.69 Å². The van der Waals surface area contributed by atoms with E-state index in [1.807, 2.05) is 54.8 Å². The van der Waals surface area contributed by atoms with Crippen LogP contribution in [-0.2, 0) is 17.9 Å². The van der Waals surface area contributed by atoms with Crippen molar-refractivity contribution in [2.75, 3.05) is 11.1 Å². The van der Waals surface area contributed by atoms with Gasteiger partial charge in [-0.3, -0.25) is 9.36 Å². The molecule has 1 heterocycles. The van der Waals surface area contributed by atoms with Crippen LogP contribution in [0.3, 0.4) is 0 Å². The third-order valence-electron chi connectivity index (χ3n) is 4.25. The molecule has 0 saturated heterocycles. The molecule has 0 atom stereocenters. The molecular formula is C22H23ClN4O2S. The molecule has 1 N–H and O–H groups in total. The van der Waals surface area contributed by atoms with Gasteiger partial charge >= 0.3 is 0 Å². The Labute approximate surface area is 185 Å². The number of hydrogen-bond donors (Lipinski definition) is 1. The van der Waals surface area contributed by atoms with E-state index >= 15 is 0 Å². The smallest absolute Gasteiger partial charge is 0.234 e. The van der Waals surface area contributed by atoms with Gasteiger partial charge in [-0.2, -0.15) is 0 Å². The van der Waals surface area contributed by atoms with Crippen LogP contribution in [0.15, 0.2) is 60.3 Å². The van der Waals surface area contributed by atoms with Gasteiger partial charge in [0.2, 0.25) is 5.91 Å². The monoisotopic (exact) mass is 442 g/mol. The molecule has 1 aromatic heterocycles. The summed E-state index contributed by atoms with van der Waals surface area (Å²) in [6.07, 6.45) is 1.76. The van der Waals surface area contributed by atoms with Gasteiger partial charge in [-0.25, -0.2) is 0 Å². The van der Waals surface area contributed by atoms with Crippen LogP contribution in [0, 0.1) is 13.8 Å². The summed E-state index contributed by atoms with van der Waals surface area (Å²) in [5, 5.41) is 12.5. The van der Waals surface area contributed by atoms with E-state index in [2.05, 4.69) is 22.1 Å². The van der Waals surface area contributed by atoms with Crippen molar-refractivity contribution >= 4 is 35.0 Å². The molecule has 156 valence electrons. The number of hydrogen-bond acceptors (Lipinski definition) is 5. The number of anilines is 1. The minimum atomic E-state index is -0.148. The molecule has 0 radical (unpaired) electrons. The van der Waals surface area contributed by atoms with E-state index in [1.54, 1.807) is 12.1 Å². The number of rotatable bonds is 9. The molecule has 3 aromatic rings. The number of ether oxygens (including phenoxy) is 1. The molecular weight excluding hydrogens is 420 g/mol. The standard InChI is InChI=1S/C22H23ClN4O2S/c1-4-10-27-20(13-29-18-7-5-6-15(2)11-18)25-26-22(27)30-14-21(28)24-17-9-8-16(3)19(23)12-17/h4-9,11-12H,1,10,13-14H2,2-3H3,(H,24,28). The predicted octanol–water partition coefficient (Wildman–Crippen LogP) is 5.04. The molecule has 6 nitrogen and oxygen atoms in total. The highest BCUT2D eigenvalue weighted by atomic mass is 35.5. The zero-order valence-electron chi connectivity index (χ0n) is 16.9. The summed E-state index contributed by atoms with van der Waals surface area (Å²) in [5.74, 6) is 1.49. The van der Waals surface area contributed by atoms with Crippen LogP contribution < -0.4 is 10.1 Å². The SMILES string of the molecule is C=CCn1c(COc2cccc(C)c2)nnc1SCC(=O)Nc1ccc(C)c(Cl)c1. The van der Waals surface area contributed by atoms with Crippen LogP contribution in [0.2, 0.25) is 5.02 Å². The van der Waals surface area contributed by atoms with Gasteiger partial charge in [0, 0.05) is 17.3 Å². The number of nitrogens with zero attached hydrogens (tertiary/aromatic N) is 3. The molecule has 0 aliphatic rings. The molecule has 0 spiro atoms. The number of benzene rings is 2. The van der Waals surface area contributed by atoms with Gasteiger partial charge in [0.15, 0.2) is 11.0 Å². The summed E-state index contributed by atoms with van der Waals surface area (Å²) in [6, 6.07) is 13.2. The van der Waals surface area contributed by atoms with Crippen molar-refractivity contribution in [2.45, 2.75) is 32.2 Å². The van der Waals surface area contributed by atoms with Crippen molar-refractivity contribution in [3.05, 3.63) is 77.1 Å². The molecule has 1 amide bonds. The van der Waals surface area contributed by atoms with Crippen molar-refractivity contribution in [3.63, 3.8) is 0 Å². The fraction of sp³-hybridized carbons (Fsp3) is 0.227. The molecule has 0 unspecified atom stereocenters. The summed E-state index contributed by atoms with van der Waals surface area (Å²) in [7, 11) is 0. The highest BCUT2D eigenvalue weighted by Gasteiger charge is 2.14. The van der Waals surface area contributed by atoms with Crippen molar-refractivity contribution < 1.29 is 9.53 Å². The number of carbonyl (C=O) groups excluding carboxylic acids is 1. The highest BCUT2D eigenvalue weighted by Crippen LogP contribution is 2.22. The second-order valence-corrected chi connectivity index (χ2v) is 8.05. The summed E-state index contributed by atoms with van der Waals surface area (Å²) >= 11 is 7.42. The van der Waals surface area contributed by atoms with Crippen LogP contribution in [-0.4, -0.2) is 26.4 Å². The second-order valence-electron chi connectivity index (χ2n) is 6.70. The van der Waals surface area contributed by atoms with Crippen LogP contribution in [0.1, 0.15) is 17.0 Å². The zero-order valence-corrected chi connectivity index (χ0v) is 18.5. The van der Waals surface area contributed by atoms with Gasteiger partial charge in [-0.05, 0) is 49.2 Å². The quantitative estimate of drug-likeness (QED) is 0.371. The Morgan fingerprint density at radius 3 is 2.83 bits per heavy atom. The lowest BCUT2D eigenvalue weighted by atomic mass is 10.2. The first-order valence-corrected chi connectivity index (χ1v) is 10.7. The third-order valence-corrected chi connectivity index (χ3v) is 5.62. The highest BCUT2D eigenvalue weighted by molar-refractivity contribution is 7.99. The molecule has 0 fully saturated rings. The Morgan fingerprint density at radius 1 is 1.27 bits per heavy atom. The Kier molecular flexibility index (Phi) is 7.54. The van der Waals surface area contributed by atoms with E-state index in [9.17, 15) is 4.79 Å². The third kappa shape index (κ3) is 5.87. The first kappa shape index (κ1) is 21.9. The van der Waals surface area contributed by atoms with Gasteiger partial charge in [-0.15, -0.1) is 16.8 Å². The number of nitrogens with one attached hydrogen (secondary N) is 1. The maximum Gasteiger partial charge on any atom is 0.234 e. The lowest BCUT2D eigenvalue weighted by Gasteiger charge is -2.10. The first-order valence-electron chi connectivity index (χ1n) is 9.37. The Morgan fingerprint density at radius 2 is 2.10 bits per heavy atom. The number of amides is 1. The maximum absolute atomic E-state index is 12.3. The van der Waals surface area contributed by atoms with E-state index in [4.69, 9.17) is 16.3 Å². The molecule has 0 aliphatic heterocycles. The number of aryl methyl sites for hydroxylation is 2. The van der Waals surface area contributed by atoms with Gasteiger partial charge in [0.1, 0.15) is 12.4 Å². The van der Waals surface area contributed by atoms with Crippen molar-refractivity contribution in [2.24, 2.45) is 0 Å². The lowest BCUT2D eigenvalue weighted by Crippen LogP contribution is -2.15. The van der Waals surface area contributed by atoms with Crippen LogP contribution in [0.5, 0.6) is 5.75 Å². The number of allylic oxidation sites excluding steroid dienone is 1. The second kappa shape index (κ2) is 10.3. The van der Waals surface area contributed by atoms with Gasteiger partial charge < -0.3 is 10.1 Å². The van der Waals surface area contributed by atoms with E-state index in [0.717, 1.165) is 16.9 Å². The Balaban J connectivity index is 1.61. The summed E-state index contributed by atoms with van der Waals surface area (Å²) < 4.78 is 7.73. The average molecular weight is 443 g/mol. The molecule has 3 rings (SSSR count). The maximum atomic E-state index is 12.3. The van der Waals surface area contributed by atoms with E-state index in [0.29, 0.717) is 28.2 Å². The number of thioether (sulfide) groups is 1. The van der Waals surface area contributed by atoms with E-state index in [-0.39, 0.29) is 18.3 Å². The van der Waals surface area contributed by atoms with Crippen LogP contribution >= 0.6 is 23.4 Å². The molecule has 2 aromatic carbocycles. The summed E-state index contributed by atoms with van der Waals surface area (Å²) in [4.78, 5) is 12.3. The summed E-state index contributed by atoms with van der Waals surface area (Å²) in [5.41, 5.74) is 2.75. The fourth-order valence-corrected chi connectivity index (χ4v) is 3.64. The predicted molar refractivity (Wildman–Crippen MR) is 121 cm³/mol. The van der Waals surface area contributed by atoms with Gasteiger partial charge in [-0.1, -0.05) is 47.6 Å². The minimum absolute atomic E-state index is 0.148. The topological polar surface area (TPSA) is 69.0 Å². The summed E-state index contributed by atoms with van der Waals surface area (Å²) in [6.45, 7) is 8.52. The van der Waals surface area contributed by atoms with Crippen molar-refractivity contribution in [1.82, 2.24) is 14.8 Å². The molecule has 0 saturated carbocycles. The van der Waals surface area contributed by atoms with Gasteiger partial charge in [0.25, 0.3) is 0 Å². The van der Waals surface area contributed by atoms with Crippen LogP contribution in [0.25, 0.3) is 0 Å². The number of carbonyl (C=O) groups is 1. The van der Waals surface area contributed by atoms with E-state index < -0.39 is 0 Å². The fourth-order valence-electron chi connectivity index (χ4n) is 2.70. The molecule has 8 heteroatoms. The lowest BCUT2D eigenvalue weighted by molar-refractivity contribution is -0.113.